The van der Waals surface area contributed by atoms with E-state index in [4.69, 9.17) is 10.7 Å². The van der Waals surface area contributed by atoms with E-state index in [2.05, 4.69) is 18.2 Å². The minimum Gasteiger partial charge on any atom is -0.379 e. The highest BCUT2D eigenvalue weighted by Gasteiger charge is 2.39. The molecule has 2 atom stereocenters. The normalized spacial score (nSPS) is 22.8. The Balaban J connectivity index is 0.000000948. The molecule has 1 aliphatic carbocycles. The van der Waals surface area contributed by atoms with E-state index in [0.717, 1.165) is 40.6 Å². The summed E-state index contributed by atoms with van der Waals surface area (Å²) in [7, 11) is -0.955. The monoisotopic (exact) mass is 406 g/mol. The average molecular weight is 407 g/mol. The molecule has 0 saturated carbocycles. The first kappa shape index (κ1) is 19.6. The number of rotatable bonds is 2. The van der Waals surface area contributed by atoms with Gasteiger partial charge in [-0.2, -0.15) is 0 Å². The molecule has 2 aliphatic rings. The highest BCUT2D eigenvalue weighted by molar-refractivity contribution is 8.13. The summed E-state index contributed by atoms with van der Waals surface area (Å²) < 4.78 is 11.8. The number of nitrogens with zero attached hydrogens (tertiary/aromatic N) is 1. The van der Waals surface area contributed by atoms with Crippen LogP contribution in [0.2, 0.25) is 0 Å². The number of aliphatic imine (C=N–C) groups is 1. The van der Waals surface area contributed by atoms with Crippen LogP contribution in [0.5, 0.6) is 0 Å². The van der Waals surface area contributed by atoms with E-state index in [0.29, 0.717) is 0 Å². The second-order valence-corrected chi connectivity index (χ2v) is 9.99. The van der Waals surface area contributed by atoms with Gasteiger partial charge in [0.05, 0.1) is 5.54 Å². The molecule has 3 nitrogen and oxygen atoms in total. The van der Waals surface area contributed by atoms with Crippen molar-refractivity contribution in [2.24, 2.45) is 10.7 Å². The number of thiophene rings is 1. The number of benzene rings is 1. The topological polar surface area (TPSA) is 55.5 Å². The Bertz CT molecular complexity index is 843. The summed E-state index contributed by atoms with van der Waals surface area (Å²) in [5, 5.41) is 0.727. The van der Waals surface area contributed by atoms with Gasteiger partial charge in [0.2, 0.25) is 0 Å². The molecule has 140 valence electrons. The molecule has 0 saturated heterocycles. The van der Waals surface area contributed by atoms with Gasteiger partial charge < -0.3 is 5.73 Å². The maximum Gasteiger partial charge on any atom is 0.154 e. The van der Waals surface area contributed by atoms with Gasteiger partial charge in [-0.05, 0) is 55.0 Å². The SMILES string of the molecule is CC.CS(=O)c1cccc(-c2cc3c(s2)CCCC32CCSC(N)=N2)c1. The fourth-order valence-electron chi connectivity index (χ4n) is 3.65. The van der Waals surface area contributed by atoms with Crippen molar-refractivity contribution in [2.75, 3.05) is 12.0 Å². The van der Waals surface area contributed by atoms with E-state index < -0.39 is 10.8 Å². The first-order valence-corrected chi connectivity index (χ1v) is 12.5. The zero-order chi connectivity index (χ0) is 18.7. The number of nitrogens with two attached hydrogens (primary N) is 1. The van der Waals surface area contributed by atoms with Crippen LogP contribution in [0, 0.1) is 0 Å². The fourth-order valence-corrected chi connectivity index (χ4v) is 6.40. The van der Waals surface area contributed by atoms with Gasteiger partial charge in [0.1, 0.15) is 0 Å². The van der Waals surface area contributed by atoms with Crippen molar-refractivity contribution in [1.29, 1.82) is 0 Å². The standard InChI is InChI=1S/C18H20N2OS3.C2H6/c1-24(21)13-5-2-4-12(10-13)16-11-14-15(23-16)6-3-7-18(14)8-9-22-17(19)20-18;1-2/h2,4-5,10-11H,3,6-9H2,1H3,(H2,19,20);1-2H3. The molecular weight excluding hydrogens is 380 g/mol. The molecule has 0 bridgehead atoms. The van der Waals surface area contributed by atoms with E-state index in [1.807, 2.05) is 37.3 Å². The van der Waals surface area contributed by atoms with E-state index in [-0.39, 0.29) is 5.54 Å². The first-order chi connectivity index (χ1) is 12.6. The highest BCUT2D eigenvalue weighted by atomic mass is 32.2. The van der Waals surface area contributed by atoms with E-state index in [1.54, 1.807) is 18.0 Å². The van der Waals surface area contributed by atoms with Crippen LogP contribution in [-0.4, -0.2) is 21.4 Å². The van der Waals surface area contributed by atoms with Crippen LogP contribution in [0.15, 0.2) is 40.2 Å². The van der Waals surface area contributed by atoms with Crippen molar-refractivity contribution in [2.45, 2.75) is 50.0 Å². The number of hydrogen-bond donors (Lipinski definition) is 1. The Labute approximate surface area is 167 Å². The molecule has 4 rings (SSSR count). The van der Waals surface area contributed by atoms with E-state index in [9.17, 15) is 4.21 Å². The summed E-state index contributed by atoms with van der Waals surface area (Å²) in [4.78, 5) is 8.46. The third-order valence-electron chi connectivity index (χ3n) is 4.84. The molecule has 1 spiro atoms. The molecule has 6 heteroatoms. The van der Waals surface area contributed by atoms with Gasteiger partial charge in [-0.3, -0.25) is 9.20 Å². The highest BCUT2D eigenvalue weighted by Crippen LogP contribution is 2.49. The molecule has 2 N–H and O–H groups in total. The van der Waals surface area contributed by atoms with E-state index >= 15 is 0 Å². The Morgan fingerprint density at radius 2 is 2.04 bits per heavy atom. The van der Waals surface area contributed by atoms with Gasteiger partial charge in [-0.1, -0.05) is 37.7 Å². The Kier molecular flexibility index (Phi) is 6.25. The summed E-state index contributed by atoms with van der Waals surface area (Å²) in [6.45, 7) is 4.00. The van der Waals surface area contributed by atoms with Crippen LogP contribution in [0.25, 0.3) is 10.4 Å². The number of fused-ring (bicyclic) bond motifs is 2. The van der Waals surface area contributed by atoms with Crippen LogP contribution in [0.3, 0.4) is 0 Å². The molecule has 0 radical (unpaired) electrons. The fraction of sp³-hybridized carbons (Fsp3) is 0.450. The molecule has 0 fully saturated rings. The van der Waals surface area contributed by atoms with Crippen LogP contribution in [-0.2, 0) is 22.8 Å². The van der Waals surface area contributed by atoms with Crippen molar-refractivity contribution in [1.82, 2.24) is 0 Å². The molecule has 2 heterocycles. The van der Waals surface area contributed by atoms with Gasteiger partial charge in [-0.15, -0.1) is 11.3 Å². The minimum atomic E-state index is -0.955. The van der Waals surface area contributed by atoms with Crippen LogP contribution < -0.4 is 5.73 Å². The predicted molar refractivity (Wildman–Crippen MR) is 117 cm³/mol. The molecule has 1 aromatic heterocycles. The summed E-state index contributed by atoms with van der Waals surface area (Å²) in [5.41, 5.74) is 8.47. The lowest BCUT2D eigenvalue weighted by Gasteiger charge is -2.36. The Morgan fingerprint density at radius 1 is 1.23 bits per heavy atom. The maximum absolute atomic E-state index is 11.8. The van der Waals surface area contributed by atoms with E-state index in [1.165, 1.54) is 21.7 Å². The van der Waals surface area contributed by atoms with Crippen molar-refractivity contribution in [3.63, 3.8) is 0 Å². The van der Waals surface area contributed by atoms with Crippen LogP contribution in [0.1, 0.15) is 43.6 Å². The zero-order valence-electron chi connectivity index (χ0n) is 15.6. The molecule has 1 aliphatic heterocycles. The average Bonchev–Trinajstić information content (AvgIpc) is 3.10. The number of aryl methyl sites for hydroxylation is 1. The molecule has 26 heavy (non-hydrogen) atoms. The number of amidine groups is 1. The predicted octanol–water partition coefficient (Wildman–Crippen LogP) is 5.16. The number of thioether (sulfide) groups is 1. The smallest absolute Gasteiger partial charge is 0.154 e. The van der Waals surface area contributed by atoms with Gasteiger partial charge in [0.15, 0.2) is 5.17 Å². The Hall–Kier alpha value is -1.11. The Morgan fingerprint density at radius 3 is 2.77 bits per heavy atom. The van der Waals surface area contributed by atoms with Crippen molar-refractivity contribution < 1.29 is 4.21 Å². The van der Waals surface area contributed by atoms with Gasteiger partial charge in [-0.25, -0.2) is 0 Å². The van der Waals surface area contributed by atoms with Crippen molar-refractivity contribution >= 4 is 39.1 Å². The summed E-state index contributed by atoms with van der Waals surface area (Å²) in [6.07, 6.45) is 6.19. The lowest BCUT2D eigenvalue weighted by Crippen LogP contribution is -2.34. The van der Waals surface area contributed by atoms with Gasteiger partial charge >= 0.3 is 0 Å². The second kappa shape index (κ2) is 8.28. The largest absolute Gasteiger partial charge is 0.379 e. The van der Waals surface area contributed by atoms with Crippen molar-refractivity contribution in [3.8, 4) is 10.4 Å². The molecule has 2 aromatic rings. The molecule has 2 unspecified atom stereocenters. The molecule has 0 amide bonds. The first-order valence-electron chi connectivity index (χ1n) is 9.13. The second-order valence-electron chi connectivity index (χ2n) is 6.36. The molecule has 1 aromatic carbocycles. The number of hydrogen-bond acceptors (Lipinski definition) is 5. The zero-order valence-corrected chi connectivity index (χ0v) is 18.0. The van der Waals surface area contributed by atoms with Crippen LogP contribution in [0.4, 0.5) is 0 Å². The lowest BCUT2D eigenvalue weighted by atomic mass is 9.78. The summed E-state index contributed by atoms with van der Waals surface area (Å²) in [6, 6.07) is 10.4. The summed E-state index contributed by atoms with van der Waals surface area (Å²) in [5.74, 6) is 1.05. The molecular formula is C20H26N2OS3. The van der Waals surface area contributed by atoms with Gasteiger partial charge in [0, 0.05) is 37.5 Å². The van der Waals surface area contributed by atoms with Gasteiger partial charge in [0.25, 0.3) is 0 Å². The quantitative estimate of drug-likeness (QED) is 0.749. The summed E-state index contributed by atoms with van der Waals surface area (Å²) >= 11 is 3.53. The third kappa shape index (κ3) is 3.78. The van der Waals surface area contributed by atoms with Crippen molar-refractivity contribution in [3.05, 3.63) is 40.8 Å². The lowest BCUT2D eigenvalue weighted by molar-refractivity contribution is 0.368. The van der Waals surface area contributed by atoms with Crippen LogP contribution >= 0.6 is 23.1 Å². The third-order valence-corrected chi connectivity index (χ3v) is 7.80. The minimum absolute atomic E-state index is 0.108. The maximum atomic E-state index is 11.8.